The van der Waals surface area contributed by atoms with Crippen LogP contribution < -0.4 is 4.90 Å². The maximum atomic E-state index is 12.1. The van der Waals surface area contributed by atoms with Gasteiger partial charge in [0.25, 0.3) is 11.8 Å². The predicted molar refractivity (Wildman–Crippen MR) is 71.1 cm³/mol. The molecule has 1 unspecified atom stereocenters. The number of aliphatic imine (C=N–C) groups is 1. The number of rotatable bonds is 3. The van der Waals surface area contributed by atoms with Crippen molar-refractivity contribution in [2.45, 2.75) is 5.38 Å². The minimum atomic E-state index is -1.02. The van der Waals surface area contributed by atoms with Gasteiger partial charge < -0.3 is 0 Å². The molecule has 0 spiro atoms. The molecule has 1 heterocycles. The van der Waals surface area contributed by atoms with E-state index in [1.807, 2.05) is 0 Å². The highest BCUT2D eigenvalue weighted by Crippen LogP contribution is 2.24. The molecule has 2 rings (SSSR count). The molecule has 0 bridgehead atoms. The van der Waals surface area contributed by atoms with Crippen molar-refractivity contribution >= 4 is 34.8 Å². The molecule has 1 fully saturated rings. The minimum Gasteiger partial charge on any atom is -0.278 e. The van der Waals surface area contributed by atoms with Crippen LogP contribution in [0.25, 0.3) is 0 Å². The number of anilines is 1. The van der Waals surface area contributed by atoms with E-state index in [0.717, 1.165) is 4.90 Å². The van der Waals surface area contributed by atoms with Gasteiger partial charge in [-0.3, -0.25) is 14.6 Å². The Bertz CT molecular complexity index is 525. The maximum Gasteiger partial charge on any atom is 0.281 e. The molecule has 1 aromatic rings. The molecule has 18 heavy (non-hydrogen) atoms. The predicted octanol–water partition coefficient (Wildman–Crippen LogP) is 1.79. The van der Waals surface area contributed by atoms with Crippen molar-refractivity contribution in [1.29, 1.82) is 0 Å². The van der Waals surface area contributed by atoms with E-state index in [2.05, 4.69) is 11.6 Å². The summed E-state index contributed by atoms with van der Waals surface area (Å²) in [5.41, 5.74) is 0.576. The molecule has 0 aromatic heterocycles. The van der Waals surface area contributed by atoms with E-state index in [4.69, 9.17) is 11.6 Å². The second-order valence-electron chi connectivity index (χ2n) is 3.69. The lowest BCUT2D eigenvalue weighted by Gasteiger charge is -2.12. The zero-order valence-corrected chi connectivity index (χ0v) is 10.3. The molecule has 92 valence electrons. The number of nitrogens with zero attached hydrogens (tertiary/aromatic N) is 2. The van der Waals surface area contributed by atoms with Crippen LogP contribution in [0.2, 0.25) is 0 Å². The molecule has 1 aliphatic rings. The first kappa shape index (κ1) is 12.5. The van der Waals surface area contributed by atoms with Crippen LogP contribution in [-0.2, 0) is 9.59 Å². The quantitative estimate of drug-likeness (QED) is 0.474. The SMILES string of the molecule is C=CCN=C1C(=O)N(c2ccccc2)C(=O)C1Cl. The third-order valence-corrected chi connectivity index (χ3v) is 2.90. The second-order valence-corrected chi connectivity index (χ2v) is 4.13. The zero-order valence-electron chi connectivity index (χ0n) is 9.54. The van der Waals surface area contributed by atoms with Crippen molar-refractivity contribution in [2.24, 2.45) is 4.99 Å². The number of para-hydroxylation sites is 1. The van der Waals surface area contributed by atoms with Crippen molar-refractivity contribution in [3.63, 3.8) is 0 Å². The van der Waals surface area contributed by atoms with Gasteiger partial charge in [-0.15, -0.1) is 18.2 Å². The molecular formula is C13H11ClN2O2. The van der Waals surface area contributed by atoms with Gasteiger partial charge in [0, 0.05) is 0 Å². The number of carbonyl (C=O) groups is 2. The first-order chi connectivity index (χ1) is 8.66. The van der Waals surface area contributed by atoms with Gasteiger partial charge in [0.15, 0.2) is 5.38 Å². The summed E-state index contributed by atoms with van der Waals surface area (Å²) in [6.07, 6.45) is 1.54. The van der Waals surface area contributed by atoms with Crippen LogP contribution in [0, 0.1) is 0 Å². The van der Waals surface area contributed by atoms with Gasteiger partial charge in [-0.25, -0.2) is 4.90 Å². The molecule has 4 nitrogen and oxygen atoms in total. The highest BCUT2D eigenvalue weighted by atomic mass is 35.5. The summed E-state index contributed by atoms with van der Waals surface area (Å²) in [6, 6.07) is 8.65. The third-order valence-electron chi connectivity index (χ3n) is 2.50. The Morgan fingerprint density at radius 1 is 1.33 bits per heavy atom. The first-order valence-electron chi connectivity index (χ1n) is 5.39. The summed E-state index contributed by atoms with van der Waals surface area (Å²) in [7, 11) is 0. The second kappa shape index (κ2) is 5.14. The van der Waals surface area contributed by atoms with E-state index in [9.17, 15) is 9.59 Å². The largest absolute Gasteiger partial charge is 0.281 e. The van der Waals surface area contributed by atoms with E-state index in [1.54, 1.807) is 36.4 Å². The molecule has 1 aliphatic heterocycles. The summed E-state index contributed by atoms with van der Waals surface area (Å²) in [6.45, 7) is 3.77. The van der Waals surface area contributed by atoms with E-state index < -0.39 is 17.2 Å². The Morgan fingerprint density at radius 2 is 2.00 bits per heavy atom. The fourth-order valence-corrected chi connectivity index (χ4v) is 1.95. The molecule has 1 saturated heterocycles. The average molecular weight is 263 g/mol. The van der Waals surface area contributed by atoms with Crippen molar-refractivity contribution in [3.8, 4) is 0 Å². The fraction of sp³-hybridized carbons (Fsp3) is 0.154. The highest BCUT2D eigenvalue weighted by Gasteiger charge is 2.44. The molecule has 1 atom stereocenters. The van der Waals surface area contributed by atoms with Crippen molar-refractivity contribution < 1.29 is 9.59 Å². The minimum absolute atomic E-state index is 0.0745. The van der Waals surface area contributed by atoms with Crippen LogP contribution in [0.5, 0.6) is 0 Å². The molecule has 0 radical (unpaired) electrons. The lowest BCUT2D eigenvalue weighted by atomic mass is 10.3. The van der Waals surface area contributed by atoms with Crippen LogP contribution >= 0.6 is 11.6 Å². The summed E-state index contributed by atoms with van der Waals surface area (Å²) in [4.78, 5) is 29.1. The Kier molecular flexibility index (Phi) is 3.58. The summed E-state index contributed by atoms with van der Waals surface area (Å²) < 4.78 is 0. The number of halogens is 1. The number of carbonyl (C=O) groups excluding carboxylic acids is 2. The number of alkyl halides is 1. The smallest absolute Gasteiger partial charge is 0.278 e. The first-order valence-corrected chi connectivity index (χ1v) is 5.83. The van der Waals surface area contributed by atoms with Crippen LogP contribution in [0.3, 0.4) is 0 Å². The van der Waals surface area contributed by atoms with Gasteiger partial charge in [-0.2, -0.15) is 0 Å². The fourth-order valence-electron chi connectivity index (χ4n) is 1.69. The molecule has 0 saturated carbocycles. The van der Waals surface area contributed by atoms with Crippen LogP contribution in [0.4, 0.5) is 5.69 Å². The molecule has 2 amide bonds. The third kappa shape index (κ3) is 2.07. The topological polar surface area (TPSA) is 49.7 Å². The number of benzene rings is 1. The zero-order chi connectivity index (χ0) is 13.1. The number of imide groups is 1. The van der Waals surface area contributed by atoms with Crippen LogP contribution in [-0.4, -0.2) is 29.4 Å². The Hall–Kier alpha value is -1.94. The van der Waals surface area contributed by atoms with Gasteiger partial charge in [-0.1, -0.05) is 24.3 Å². The van der Waals surface area contributed by atoms with Crippen LogP contribution in [0.1, 0.15) is 0 Å². The van der Waals surface area contributed by atoms with E-state index in [-0.39, 0.29) is 12.3 Å². The number of hydrogen-bond acceptors (Lipinski definition) is 3. The van der Waals surface area contributed by atoms with Gasteiger partial charge in [-0.05, 0) is 12.1 Å². The van der Waals surface area contributed by atoms with Crippen molar-refractivity contribution in [1.82, 2.24) is 0 Å². The van der Waals surface area contributed by atoms with E-state index in [1.165, 1.54) is 0 Å². The van der Waals surface area contributed by atoms with E-state index >= 15 is 0 Å². The number of amides is 2. The van der Waals surface area contributed by atoms with Crippen molar-refractivity contribution in [2.75, 3.05) is 11.4 Å². The monoisotopic (exact) mass is 262 g/mol. The Labute approximate surface area is 110 Å². The van der Waals surface area contributed by atoms with Gasteiger partial charge in [0.2, 0.25) is 0 Å². The van der Waals surface area contributed by atoms with Gasteiger partial charge in [0.1, 0.15) is 5.71 Å². The molecule has 5 heteroatoms. The average Bonchev–Trinajstić information content (AvgIpc) is 2.60. The number of hydrogen-bond donors (Lipinski definition) is 0. The summed E-state index contributed by atoms with van der Waals surface area (Å²) in [5.74, 6) is -0.927. The Balaban J connectivity index is 2.38. The highest BCUT2D eigenvalue weighted by molar-refractivity contribution is 6.68. The Morgan fingerprint density at radius 3 is 2.61 bits per heavy atom. The maximum absolute atomic E-state index is 12.1. The lowest BCUT2D eigenvalue weighted by Crippen LogP contribution is -2.31. The lowest BCUT2D eigenvalue weighted by molar-refractivity contribution is -0.120. The normalized spacial score (nSPS) is 21.7. The van der Waals surface area contributed by atoms with Crippen LogP contribution in [0.15, 0.2) is 48.0 Å². The molecule has 1 aromatic carbocycles. The summed E-state index contributed by atoms with van der Waals surface area (Å²) >= 11 is 5.93. The van der Waals surface area contributed by atoms with Gasteiger partial charge in [0.05, 0.1) is 12.2 Å². The summed E-state index contributed by atoms with van der Waals surface area (Å²) in [5, 5.41) is -1.02. The van der Waals surface area contributed by atoms with Crippen molar-refractivity contribution in [3.05, 3.63) is 43.0 Å². The molecule has 0 aliphatic carbocycles. The van der Waals surface area contributed by atoms with Gasteiger partial charge >= 0.3 is 0 Å². The van der Waals surface area contributed by atoms with E-state index in [0.29, 0.717) is 5.69 Å². The standard InChI is InChI=1S/C13H11ClN2O2/c1-2-8-15-11-10(14)12(17)16(13(11)18)9-6-4-3-5-7-9/h2-7,10H,1,8H2. The molecule has 0 N–H and O–H groups in total. The molecular weight excluding hydrogens is 252 g/mol.